The number of amides is 1. The van der Waals surface area contributed by atoms with E-state index in [0.717, 1.165) is 11.3 Å². The lowest BCUT2D eigenvalue weighted by Gasteiger charge is -2.34. The van der Waals surface area contributed by atoms with Crippen LogP contribution in [-0.4, -0.2) is 59.5 Å². The van der Waals surface area contributed by atoms with E-state index >= 15 is 0 Å². The van der Waals surface area contributed by atoms with E-state index in [0.29, 0.717) is 44.0 Å². The summed E-state index contributed by atoms with van der Waals surface area (Å²) >= 11 is 0. The molecule has 1 aromatic heterocycles. The summed E-state index contributed by atoms with van der Waals surface area (Å²) in [5.74, 6) is 0.688. The van der Waals surface area contributed by atoms with Crippen LogP contribution in [0.3, 0.4) is 0 Å². The number of carboxylic acids is 1. The Balaban J connectivity index is 1.96. The van der Waals surface area contributed by atoms with E-state index in [1.807, 2.05) is 25.7 Å². The van der Waals surface area contributed by atoms with Crippen LogP contribution in [-0.2, 0) is 4.79 Å². The lowest BCUT2D eigenvalue weighted by Crippen LogP contribution is -2.49. The molecule has 1 aromatic rings. The molecule has 2 rings (SSSR count). The molecule has 1 fully saturated rings. The molecule has 6 heteroatoms. The summed E-state index contributed by atoms with van der Waals surface area (Å²) in [6.07, 6.45) is 0.146. The minimum absolute atomic E-state index is 0.0136. The Hall–Kier alpha value is -1.82. The van der Waals surface area contributed by atoms with Crippen LogP contribution in [0.2, 0.25) is 0 Å². The summed E-state index contributed by atoms with van der Waals surface area (Å²) in [5.41, 5.74) is 1.58. The van der Waals surface area contributed by atoms with Crippen molar-refractivity contribution in [2.75, 3.05) is 32.7 Å². The second-order valence-corrected chi connectivity index (χ2v) is 5.49. The molecular weight excluding hydrogens is 272 g/mol. The molecule has 0 aliphatic carbocycles. The zero-order chi connectivity index (χ0) is 15.6. The Morgan fingerprint density at radius 3 is 2.19 bits per heavy atom. The highest BCUT2D eigenvalue weighted by atomic mass is 16.4. The number of carboxylic acid groups (broad SMARTS) is 1. The maximum Gasteiger partial charge on any atom is 0.304 e. The number of carbonyl (C=O) groups excluding carboxylic acids is 1. The lowest BCUT2D eigenvalue weighted by atomic mass is 10.1. The van der Waals surface area contributed by atoms with Gasteiger partial charge in [-0.2, -0.15) is 0 Å². The first kappa shape index (κ1) is 15.6. The average Bonchev–Trinajstić information content (AvgIpc) is 2.70. The molecule has 116 valence electrons. The number of carbonyl (C=O) groups is 2. The Bertz CT molecular complexity index is 542. The molecule has 1 saturated heterocycles. The number of furan rings is 1. The van der Waals surface area contributed by atoms with E-state index in [1.165, 1.54) is 0 Å². The Morgan fingerprint density at radius 1 is 1.10 bits per heavy atom. The van der Waals surface area contributed by atoms with Crippen molar-refractivity contribution >= 4 is 11.9 Å². The molecule has 0 atom stereocenters. The molecule has 1 aliphatic rings. The maximum atomic E-state index is 12.6. The summed E-state index contributed by atoms with van der Waals surface area (Å²) in [4.78, 5) is 27.1. The van der Waals surface area contributed by atoms with Crippen LogP contribution in [0.5, 0.6) is 0 Å². The monoisotopic (exact) mass is 294 g/mol. The Labute approximate surface area is 124 Å². The minimum Gasteiger partial charge on any atom is -0.481 e. The molecule has 1 aliphatic heterocycles. The van der Waals surface area contributed by atoms with Crippen LogP contribution in [0, 0.1) is 20.8 Å². The van der Waals surface area contributed by atoms with Crippen molar-refractivity contribution in [3.63, 3.8) is 0 Å². The highest BCUT2D eigenvalue weighted by Gasteiger charge is 2.26. The van der Waals surface area contributed by atoms with Crippen LogP contribution < -0.4 is 0 Å². The van der Waals surface area contributed by atoms with Gasteiger partial charge in [0.25, 0.3) is 5.91 Å². The van der Waals surface area contributed by atoms with Crippen molar-refractivity contribution in [1.82, 2.24) is 9.80 Å². The smallest absolute Gasteiger partial charge is 0.304 e. The molecule has 6 nitrogen and oxygen atoms in total. The second-order valence-electron chi connectivity index (χ2n) is 5.49. The third-order valence-corrected chi connectivity index (χ3v) is 4.08. The highest BCUT2D eigenvalue weighted by molar-refractivity contribution is 5.97. The number of hydrogen-bond donors (Lipinski definition) is 1. The van der Waals surface area contributed by atoms with Crippen LogP contribution >= 0.6 is 0 Å². The first-order valence-electron chi connectivity index (χ1n) is 7.20. The topological polar surface area (TPSA) is 74.0 Å². The van der Waals surface area contributed by atoms with Crippen molar-refractivity contribution in [2.45, 2.75) is 27.2 Å². The van der Waals surface area contributed by atoms with Gasteiger partial charge in [0.1, 0.15) is 11.5 Å². The van der Waals surface area contributed by atoms with Crippen molar-refractivity contribution in [3.05, 3.63) is 22.6 Å². The summed E-state index contributed by atoms with van der Waals surface area (Å²) in [6, 6.07) is 0. The molecule has 0 unspecified atom stereocenters. The second kappa shape index (κ2) is 6.30. The zero-order valence-electron chi connectivity index (χ0n) is 12.8. The van der Waals surface area contributed by atoms with E-state index in [4.69, 9.17) is 9.52 Å². The van der Waals surface area contributed by atoms with Crippen molar-refractivity contribution in [3.8, 4) is 0 Å². The van der Waals surface area contributed by atoms with E-state index in [9.17, 15) is 9.59 Å². The van der Waals surface area contributed by atoms with Gasteiger partial charge in [-0.1, -0.05) is 0 Å². The van der Waals surface area contributed by atoms with Crippen LogP contribution in [0.1, 0.15) is 33.9 Å². The number of hydrogen-bond acceptors (Lipinski definition) is 4. The number of aliphatic carboxylic acids is 1. The van der Waals surface area contributed by atoms with Crippen LogP contribution in [0.4, 0.5) is 0 Å². The van der Waals surface area contributed by atoms with Gasteiger partial charge in [0.2, 0.25) is 0 Å². The van der Waals surface area contributed by atoms with Gasteiger partial charge in [-0.05, 0) is 20.8 Å². The molecule has 0 aromatic carbocycles. The predicted octanol–water partition coefficient (Wildman–Crippen LogP) is 1.44. The highest BCUT2D eigenvalue weighted by Crippen LogP contribution is 2.22. The molecule has 0 spiro atoms. The molecule has 21 heavy (non-hydrogen) atoms. The fourth-order valence-corrected chi connectivity index (χ4v) is 2.69. The van der Waals surface area contributed by atoms with Gasteiger partial charge in [-0.15, -0.1) is 0 Å². The Morgan fingerprint density at radius 2 is 1.71 bits per heavy atom. The third-order valence-electron chi connectivity index (χ3n) is 4.08. The fourth-order valence-electron chi connectivity index (χ4n) is 2.69. The van der Waals surface area contributed by atoms with Gasteiger partial charge in [-0.3, -0.25) is 14.5 Å². The van der Waals surface area contributed by atoms with Gasteiger partial charge in [-0.25, -0.2) is 0 Å². The van der Waals surface area contributed by atoms with Crippen molar-refractivity contribution in [2.24, 2.45) is 0 Å². The predicted molar refractivity (Wildman–Crippen MR) is 77.5 cm³/mol. The van der Waals surface area contributed by atoms with Crippen molar-refractivity contribution < 1.29 is 19.1 Å². The fraction of sp³-hybridized carbons (Fsp3) is 0.600. The van der Waals surface area contributed by atoms with Gasteiger partial charge >= 0.3 is 5.97 Å². The summed E-state index contributed by atoms with van der Waals surface area (Å²) in [5, 5.41) is 8.69. The first-order chi connectivity index (χ1) is 9.90. The molecule has 0 saturated carbocycles. The van der Waals surface area contributed by atoms with Gasteiger partial charge in [0, 0.05) is 38.3 Å². The summed E-state index contributed by atoms with van der Waals surface area (Å²) in [6.45, 7) is 8.81. The molecule has 1 amide bonds. The van der Waals surface area contributed by atoms with Crippen LogP contribution in [0.25, 0.3) is 0 Å². The van der Waals surface area contributed by atoms with Crippen molar-refractivity contribution in [1.29, 1.82) is 0 Å². The summed E-state index contributed by atoms with van der Waals surface area (Å²) < 4.78 is 5.52. The largest absolute Gasteiger partial charge is 0.481 e. The quantitative estimate of drug-likeness (QED) is 0.909. The average molecular weight is 294 g/mol. The van der Waals surface area contributed by atoms with Gasteiger partial charge in [0.05, 0.1) is 12.0 Å². The lowest BCUT2D eigenvalue weighted by molar-refractivity contribution is -0.137. The zero-order valence-corrected chi connectivity index (χ0v) is 12.8. The Kier molecular flexibility index (Phi) is 4.67. The minimum atomic E-state index is -0.784. The number of nitrogens with zero attached hydrogens (tertiary/aromatic N) is 2. The van der Waals surface area contributed by atoms with Gasteiger partial charge in [0.15, 0.2) is 0 Å². The third kappa shape index (κ3) is 3.44. The standard InChI is InChI=1S/C15H22N2O4/c1-10-11(2)21-12(3)14(10)15(20)17-8-6-16(7-9-17)5-4-13(18)19/h4-9H2,1-3H3,(H,18,19). The van der Waals surface area contributed by atoms with Crippen LogP contribution in [0.15, 0.2) is 4.42 Å². The first-order valence-corrected chi connectivity index (χ1v) is 7.20. The van der Waals surface area contributed by atoms with E-state index in [2.05, 4.69) is 4.90 Å². The van der Waals surface area contributed by atoms with E-state index < -0.39 is 5.97 Å². The molecular formula is C15H22N2O4. The number of rotatable bonds is 4. The van der Waals surface area contributed by atoms with E-state index in [1.54, 1.807) is 0 Å². The normalized spacial score (nSPS) is 16.2. The molecule has 0 radical (unpaired) electrons. The summed E-state index contributed by atoms with van der Waals surface area (Å²) in [7, 11) is 0. The number of piperazine rings is 1. The van der Waals surface area contributed by atoms with E-state index in [-0.39, 0.29) is 12.3 Å². The maximum absolute atomic E-state index is 12.6. The molecule has 0 bridgehead atoms. The SMILES string of the molecule is Cc1oc(C)c(C(=O)N2CCN(CCC(=O)O)CC2)c1C. The molecule has 2 heterocycles. The van der Waals surface area contributed by atoms with Gasteiger partial charge < -0.3 is 14.4 Å². The molecule has 1 N–H and O–H groups in total. The number of aryl methyl sites for hydroxylation is 2.